The van der Waals surface area contributed by atoms with Crippen molar-refractivity contribution in [1.82, 2.24) is 9.97 Å². The van der Waals surface area contributed by atoms with Gasteiger partial charge in [-0.2, -0.15) is 5.26 Å². The lowest BCUT2D eigenvalue weighted by molar-refractivity contribution is 0.0691. The highest BCUT2D eigenvalue weighted by Gasteiger charge is 2.27. The maximum absolute atomic E-state index is 13.3. The summed E-state index contributed by atoms with van der Waals surface area (Å²) in [4.78, 5) is 36.9. The molecule has 0 bridgehead atoms. The van der Waals surface area contributed by atoms with Crippen LogP contribution in [0.4, 0.5) is 5.69 Å². The second-order valence-corrected chi connectivity index (χ2v) is 15.6. The number of hydrogen-bond acceptors (Lipinski definition) is 9. The topological polar surface area (TPSA) is 145 Å². The minimum Gasteiger partial charge on any atom is -0.488 e. The van der Waals surface area contributed by atoms with E-state index in [1.54, 1.807) is 42.6 Å². The lowest BCUT2D eigenvalue weighted by atomic mass is 10.0. The number of benzene rings is 4. The van der Waals surface area contributed by atoms with Gasteiger partial charge in [0.25, 0.3) is 0 Å². The Morgan fingerprint density at radius 2 is 1.23 bits per heavy atom. The fourth-order valence-corrected chi connectivity index (χ4v) is 7.28. The largest absolute Gasteiger partial charge is 0.488 e. The number of carboxylic acid groups (broad SMARTS) is 1. The number of Topliss-reactive ketones (excluding diaryl/α,β-unsaturated/α-hetero) is 1. The first-order valence-electron chi connectivity index (χ1n) is 18.7. The van der Waals surface area contributed by atoms with E-state index < -0.39 is 5.97 Å². The van der Waals surface area contributed by atoms with Crippen molar-refractivity contribution in [2.45, 2.75) is 45.7 Å². The maximum Gasteiger partial charge on any atom is 0.339 e. The Kier molecular flexibility index (Phi) is 13.6. The van der Waals surface area contributed by atoms with E-state index in [1.165, 1.54) is 30.7 Å². The predicted molar refractivity (Wildman–Crippen MR) is 230 cm³/mol. The molecule has 0 aliphatic heterocycles. The van der Waals surface area contributed by atoms with E-state index in [-0.39, 0.29) is 65.1 Å². The molecule has 1 saturated carbocycles. The Bertz CT molecular complexity index is 2750. The van der Waals surface area contributed by atoms with Crippen molar-refractivity contribution in [1.29, 1.82) is 5.26 Å². The molecule has 2 aromatic heterocycles. The molecule has 6 aromatic rings. The lowest BCUT2D eigenvalue weighted by Gasteiger charge is -2.17. The highest BCUT2D eigenvalue weighted by atomic mass is 35.5. The molecule has 61 heavy (non-hydrogen) atoms. The summed E-state index contributed by atoms with van der Waals surface area (Å²) in [6.07, 6.45) is 8.39. The molecule has 0 atom stereocenters. The van der Waals surface area contributed by atoms with Gasteiger partial charge in [-0.1, -0.05) is 82.8 Å². The lowest BCUT2D eigenvalue weighted by Crippen LogP contribution is -2.07. The van der Waals surface area contributed by atoms with Gasteiger partial charge >= 0.3 is 5.97 Å². The van der Waals surface area contributed by atoms with Gasteiger partial charge in [-0.15, -0.1) is 0 Å². The van der Waals surface area contributed by atoms with Gasteiger partial charge in [-0.3, -0.25) is 14.8 Å². The monoisotopic (exact) mass is 892 g/mol. The zero-order chi connectivity index (χ0) is 43.0. The van der Waals surface area contributed by atoms with Crippen LogP contribution >= 0.6 is 46.4 Å². The van der Waals surface area contributed by atoms with Crippen molar-refractivity contribution in [2.24, 2.45) is 5.92 Å². The highest BCUT2D eigenvalue weighted by molar-refractivity contribution is 6.37. The number of nitriles is 1. The van der Waals surface area contributed by atoms with Crippen molar-refractivity contribution < 1.29 is 33.6 Å². The van der Waals surface area contributed by atoms with Gasteiger partial charge in [0, 0.05) is 71.2 Å². The summed E-state index contributed by atoms with van der Waals surface area (Å²) < 4.78 is 24.2. The number of aromatic carboxylic acids is 1. The SMILES string of the molecule is [C-]#[N+]c1cncc(COc2cc(OCc3cccc(-c4cccc(COc5cc(OCc6cncc(C#N)c6)c(C(=O)O)cc5Cl)c4Cl)c3Cl)c(Cl)cc2C(=O)CC2CC2)c1. The van der Waals surface area contributed by atoms with Crippen LogP contribution in [0.1, 0.15) is 67.8 Å². The average molecular weight is 895 g/mol. The summed E-state index contributed by atoms with van der Waals surface area (Å²) in [7, 11) is 0. The molecule has 15 heteroatoms. The summed E-state index contributed by atoms with van der Waals surface area (Å²) in [5.41, 5.74) is 4.55. The van der Waals surface area contributed by atoms with E-state index >= 15 is 0 Å². The number of rotatable bonds is 17. The third-order valence-corrected chi connectivity index (χ3v) is 11.1. The molecule has 0 unspecified atom stereocenters. The molecular weight excluding hydrogens is 862 g/mol. The van der Waals surface area contributed by atoms with Crippen LogP contribution in [0, 0.1) is 23.8 Å². The van der Waals surface area contributed by atoms with Crippen molar-refractivity contribution in [3.05, 3.63) is 168 Å². The number of carbonyl (C=O) groups excluding carboxylic acids is 1. The van der Waals surface area contributed by atoms with Gasteiger partial charge in [0.2, 0.25) is 5.69 Å². The smallest absolute Gasteiger partial charge is 0.339 e. The second-order valence-electron chi connectivity index (χ2n) is 14.0. The summed E-state index contributed by atoms with van der Waals surface area (Å²) in [6.45, 7) is 7.27. The maximum atomic E-state index is 13.3. The number of carboxylic acids is 1. The zero-order valence-corrected chi connectivity index (χ0v) is 35.0. The Morgan fingerprint density at radius 1 is 0.705 bits per heavy atom. The minimum atomic E-state index is -1.25. The standard InChI is InChI=1S/C46H32Cl4N4O7/c1-52-32-11-29(20-54-21-32)23-58-40-15-42(37(47)13-35(40)39(55)12-26-8-9-26)60-24-30-4-2-6-33(44(30)49)34-7-3-5-31(45(34)50)25-61-43-16-41(36(46(56)57)14-38(43)48)59-22-28-10-27(17-51)18-53-19-28/h2-7,10-11,13-16,18-21,26H,8-9,12,22-25H2,(H,56,57). The fraction of sp³-hybridized carbons (Fsp3) is 0.174. The molecule has 306 valence electrons. The Morgan fingerprint density at radius 3 is 1.77 bits per heavy atom. The van der Waals surface area contributed by atoms with Crippen LogP contribution in [0.25, 0.3) is 16.0 Å². The van der Waals surface area contributed by atoms with Gasteiger partial charge < -0.3 is 24.1 Å². The van der Waals surface area contributed by atoms with Gasteiger partial charge in [-0.25, -0.2) is 9.64 Å². The number of hydrogen-bond donors (Lipinski definition) is 1. The van der Waals surface area contributed by atoms with Crippen molar-refractivity contribution in [2.75, 3.05) is 0 Å². The molecule has 11 nitrogen and oxygen atoms in total. The molecule has 1 fully saturated rings. The van der Waals surface area contributed by atoms with Crippen LogP contribution in [0.15, 0.2) is 97.6 Å². The van der Waals surface area contributed by atoms with Crippen LogP contribution in [0.5, 0.6) is 23.0 Å². The summed E-state index contributed by atoms with van der Waals surface area (Å²) in [6, 6.07) is 21.9. The third-order valence-electron chi connectivity index (χ3n) is 9.61. The molecule has 4 aromatic carbocycles. The molecule has 0 radical (unpaired) electrons. The number of carbonyl (C=O) groups is 2. The molecule has 1 aliphatic rings. The molecule has 2 heterocycles. The molecule has 0 spiro atoms. The van der Waals surface area contributed by atoms with E-state index in [4.69, 9.17) is 71.9 Å². The van der Waals surface area contributed by atoms with E-state index in [1.807, 2.05) is 30.3 Å². The first-order chi connectivity index (χ1) is 29.5. The molecule has 1 aliphatic carbocycles. The molecule has 1 N–H and O–H groups in total. The molecular formula is C46H32Cl4N4O7. The average Bonchev–Trinajstić information content (AvgIpc) is 4.09. The number of pyridine rings is 2. The molecule has 0 saturated heterocycles. The number of ether oxygens (including phenoxy) is 4. The quantitative estimate of drug-likeness (QED) is 0.0693. The molecule has 7 rings (SSSR count). The normalized spacial score (nSPS) is 11.9. The van der Waals surface area contributed by atoms with Crippen LogP contribution in [-0.2, 0) is 26.4 Å². The number of halogens is 4. The summed E-state index contributed by atoms with van der Waals surface area (Å²) in [5.74, 6) is -0.248. The summed E-state index contributed by atoms with van der Waals surface area (Å²) >= 11 is 27.2. The van der Waals surface area contributed by atoms with Gasteiger partial charge in [-0.05, 0) is 48.6 Å². The van der Waals surface area contributed by atoms with Crippen LogP contribution in [0.2, 0.25) is 20.1 Å². The summed E-state index contributed by atoms with van der Waals surface area (Å²) in [5, 5.41) is 20.0. The Hall–Kier alpha value is -6.34. The Labute approximate surface area is 370 Å². The molecule has 0 amide bonds. The van der Waals surface area contributed by atoms with E-state index in [0.29, 0.717) is 78.3 Å². The van der Waals surface area contributed by atoms with Gasteiger partial charge in [0.05, 0.1) is 37.8 Å². The second kappa shape index (κ2) is 19.4. The minimum absolute atomic E-state index is 0.00346. The fourth-order valence-electron chi connectivity index (χ4n) is 6.28. The van der Waals surface area contributed by atoms with E-state index in [0.717, 1.165) is 12.8 Å². The van der Waals surface area contributed by atoms with Crippen LogP contribution in [-0.4, -0.2) is 26.8 Å². The van der Waals surface area contributed by atoms with Gasteiger partial charge in [0.1, 0.15) is 61.1 Å². The van der Waals surface area contributed by atoms with Crippen molar-refractivity contribution >= 4 is 63.8 Å². The zero-order valence-electron chi connectivity index (χ0n) is 32.0. The first kappa shape index (κ1) is 42.8. The van der Waals surface area contributed by atoms with Crippen molar-refractivity contribution in [3.63, 3.8) is 0 Å². The van der Waals surface area contributed by atoms with Crippen LogP contribution in [0.3, 0.4) is 0 Å². The number of nitrogens with zero attached hydrogens (tertiary/aromatic N) is 4. The van der Waals surface area contributed by atoms with E-state index in [9.17, 15) is 20.0 Å². The third kappa shape index (κ3) is 10.5. The Balaban J connectivity index is 1.08. The van der Waals surface area contributed by atoms with Gasteiger partial charge in [0.15, 0.2) is 5.78 Å². The first-order valence-corrected chi connectivity index (χ1v) is 20.2. The van der Waals surface area contributed by atoms with Crippen molar-refractivity contribution in [3.8, 4) is 40.2 Å². The van der Waals surface area contributed by atoms with Crippen LogP contribution < -0.4 is 18.9 Å². The number of aromatic nitrogens is 2. The number of ketones is 1. The predicted octanol–water partition coefficient (Wildman–Crippen LogP) is 12.2. The van der Waals surface area contributed by atoms with E-state index in [2.05, 4.69) is 14.8 Å². The highest BCUT2D eigenvalue weighted by Crippen LogP contribution is 2.41.